The van der Waals surface area contributed by atoms with Gasteiger partial charge in [-0.2, -0.15) is 0 Å². The second-order valence-corrected chi connectivity index (χ2v) is 4.24. The first-order chi connectivity index (χ1) is 6.15. The highest BCUT2D eigenvalue weighted by Crippen LogP contribution is 2.20. The number of hydrogen-bond donors (Lipinski definition) is 0. The summed E-state index contributed by atoms with van der Waals surface area (Å²) in [6, 6.07) is 3.70. The third-order valence-electron chi connectivity index (χ3n) is 1.85. The van der Waals surface area contributed by atoms with Gasteiger partial charge in [-0.05, 0) is 18.6 Å². The first-order valence-electron chi connectivity index (χ1n) is 4.28. The third kappa shape index (κ3) is 2.62. The molecular formula is C10H12BrNO. The summed E-state index contributed by atoms with van der Waals surface area (Å²) in [4.78, 5) is 15.6. The van der Waals surface area contributed by atoms with Crippen molar-refractivity contribution in [3.8, 4) is 0 Å². The van der Waals surface area contributed by atoms with Crippen LogP contribution in [0.25, 0.3) is 0 Å². The molecule has 0 fully saturated rings. The van der Waals surface area contributed by atoms with Crippen molar-refractivity contribution in [2.75, 3.05) is 0 Å². The van der Waals surface area contributed by atoms with Crippen LogP contribution in [-0.2, 0) is 0 Å². The highest BCUT2D eigenvalue weighted by molar-refractivity contribution is 9.09. The fraction of sp³-hybridized carbons (Fsp3) is 0.400. The minimum Gasteiger partial charge on any atom is -0.292 e. The van der Waals surface area contributed by atoms with Crippen LogP contribution < -0.4 is 0 Å². The number of aromatic nitrogens is 1. The van der Waals surface area contributed by atoms with Gasteiger partial charge in [-0.1, -0.05) is 28.9 Å². The van der Waals surface area contributed by atoms with Gasteiger partial charge in [0.15, 0.2) is 5.78 Å². The number of nitrogens with zero attached hydrogens (tertiary/aromatic N) is 1. The summed E-state index contributed by atoms with van der Waals surface area (Å²) in [6.45, 7) is 3.86. The lowest BCUT2D eigenvalue weighted by Gasteiger charge is -2.03. The van der Waals surface area contributed by atoms with E-state index in [1.165, 1.54) is 0 Å². The van der Waals surface area contributed by atoms with Crippen LogP contribution in [0.5, 0.6) is 0 Å². The van der Waals surface area contributed by atoms with Crippen LogP contribution in [-0.4, -0.2) is 10.8 Å². The van der Waals surface area contributed by atoms with Gasteiger partial charge in [0.1, 0.15) is 5.69 Å². The van der Waals surface area contributed by atoms with Crippen LogP contribution in [0.3, 0.4) is 0 Å². The maximum absolute atomic E-state index is 11.2. The van der Waals surface area contributed by atoms with Gasteiger partial charge in [-0.15, -0.1) is 0 Å². The Kier molecular flexibility index (Phi) is 3.60. The van der Waals surface area contributed by atoms with Crippen molar-refractivity contribution in [3.05, 3.63) is 29.6 Å². The van der Waals surface area contributed by atoms with Crippen molar-refractivity contribution in [2.24, 2.45) is 0 Å². The van der Waals surface area contributed by atoms with E-state index >= 15 is 0 Å². The molecule has 2 nitrogen and oxygen atoms in total. The highest BCUT2D eigenvalue weighted by atomic mass is 79.9. The van der Waals surface area contributed by atoms with Crippen LogP contribution in [0.2, 0.25) is 0 Å². The lowest BCUT2D eigenvalue weighted by atomic mass is 10.1. The Labute approximate surface area is 86.5 Å². The SMILES string of the molecule is CCC(=O)c1ccc(C(C)Br)cn1. The molecule has 0 aromatic carbocycles. The zero-order valence-corrected chi connectivity index (χ0v) is 9.34. The first-order valence-corrected chi connectivity index (χ1v) is 5.20. The van der Waals surface area contributed by atoms with Gasteiger partial charge in [-0.3, -0.25) is 9.78 Å². The Morgan fingerprint density at radius 3 is 2.69 bits per heavy atom. The Hall–Kier alpha value is -0.700. The van der Waals surface area contributed by atoms with Crippen LogP contribution in [0.1, 0.15) is 41.1 Å². The van der Waals surface area contributed by atoms with Gasteiger partial charge in [0, 0.05) is 17.4 Å². The molecule has 0 bridgehead atoms. The van der Waals surface area contributed by atoms with E-state index in [4.69, 9.17) is 0 Å². The zero-order valence-electron chi connectivity index (χ0n) is 7.75. The number of pyridine rings is 1. The molecule has 0 saturated carbocycles. The second kappa shape index (κ2) is 4.51. The molecular weight excluding hydrogens is 230 g/mol. The van der Waals surface area contributed by atoms with Gasteiger partial charge < -0.3 is 0 Å². The van der Waals surface area contributed by atoms with Crippen LogP contribution >= 0.6 is 15.9 Å². The molecule has 1 heterocycles. The summed E-state index contributed by atoms with van der Waals surface area (Å²) < 4.78 is 0. The number of hydrogen-bond acceptors (Lipinski definition) is 2. The van der Waals surface area contributed by atoms with E-state index in [1.807, 2.05) is 19.9 Å². The number of rotatable bonds is 3. The number of Topliss-reactive ketones (excluding diaryl/α,β-unsaturated/α-hetero) is 1. The Morgan fingerprint density at radius 2 is 2.31 bits per heavy atom. The van der Waals surface area contributed by atoms with Gasteiger partial charge in [0.05, 0.1) is 0 Å². The van der Waals surface area contributed by atoms with E-state index in [-0.39, 0.29) is 10.6 Å². The van der Waals surface area contributed by atoms with Crippen molar-refractivity contribution in [1.82, 2.24) is 4.98 Å². The average molecular weight is 242 g/mol. The topological polar surface area (TPSA) is 30.0 Å². The molecule has 0 aliphatic rings. The van der Waals surface area contributed by atoms with E-state index in [1.54, 1.807) is 12.3 Å². The summed E-state index contributed by atoms with van der Waals surface area (Å²) in [7, 11) is 0. The Balaban J connectivity index is 2.87. The van der Waals surface area contributed by atoms with Gasteiger partial charge in [0.25, 0.3) is 0 Å². The minimum absolute atomic E-state index is 0.0915. The van der Waals surface area contributed by atoms with E-state index < -0.39 is 0 Å². The maximum atomic E-state index is 11.2. The summed E-state index contributed by atoms with van der Waals surface area (Å²) in [6.07, 6.45) is 2.25. The van der Waals surface area contributed by atoms with E-state index in [0.717, 1.165) is 5.56 Å². The van der Waals surface area contributed by atoms with Crippen molar-refractivity contribution < 1.29 is 4.79 Å². The largest absolute Gasteiger partial charge is 0.292 e. The van der Waals surface area contributed by atoms with Gasteiger partial charge in [0.2, 0.25) is 0 Å². The highest BCUT2D eigenvalue weighted by Gasteiger charge is 2.05. The van der Waals surface area contributed by atoms with Crippen molar-refractivity contribution in [3.63, 3.8) is 0 Å². The standard InChI is InChI=1S/C10H12BrNO/c1-3-10(13)9-5-4-8(6-12-9)7(2)11/h4-7H,3H2,1-2H3. The molecule has 3 heteroatoms. The molecule has 0 aliphatic heterocycles. The summed E-state index contributed by atoms with van der Waals surface area (Å²) >= 11 is 3.44. The predicted molar refractivity (Wildman–Crippen MR) is 56.2 cm³/mol. The lowest BCUT2D eigenvalue weighted by molar-refractivity contribution is 0.0983. The molecule has 70 valence electrons. The molecule has 13 heavy (non-hydrogen) atoms. The maximum Gasteiger partial charge on any atom is 0.180 e. The molecule has 0 spiro atoms. The predicted octanol–water partition coefficient (Wildman–Crippen LogP) is 3.13. The molecule has 1 rings (SSSR count). The Bertz CT molecular complexity index is 292. The second-order valence-electron chi connectivity index (χ2n) is 2.87. The molecule has 0 aliphatic carbocycles. The van der Waals surface area contributed by atoms with Crippen LogP contribution in [0.15, 0.2) is 18.3 Å². The van der Waals surface area contributed by atoms with Gasteiger partial charge in [-0.25, -0.2) is 0 Å². The van der Waals surface area contributed by atoms with Crippen molar-refractivity contribution >= 4 is 21.7 Å². The first kappa shape index (κ1) is 10.4. The minimum atomic E-state index is 0.0915. The molecule has 1 aromatic heterocycles. The zero-order chi connectivity index (χ0) is 9.84. The quantitative estimate of drug-likeness (QED) is 0.602. The fourth-order valence-electron chi connectivity index (χ4n) is 0.987. The normalized spacial score (nSPS) is 12.5. The Morgan fingerprint density at radius 1 is 1.62 bits per heavy atom. The number of ketones is 1. The monoisotopic (exact) mass is 241 g/mol. The molecule has 1 atom stereocenters. The lowest BCUT2D eigenvalue weighted by Crippen LogP contribution is -2.00. The van der Waals surface area contributed by atoms with E-state index in [2.05, 4.69) is 20.9 Å². The number of carbonyl (C=O) groups is 1. The van der Waals surface area contributed by atoms with E-state index in [0.29, 0.717) is 12.1 Å². The van der Waals surface area contributed by atoms with Crippen LogP contribution in [0.4, 0.5) is 0 Å². The van der Waals surface area contributed by atoms with E-state index in [9.17, 15) is 4.79 Å². The van der Waals surface area contributed by atoms with Crippen molar-refractivity contribution in [2.45, 2.75) is 25.1 Å². The fourth-order valence-corrected chi connectivity index (χ4v) is 1.26. The van der Waals surface area contributed by atoms with Crippen molar-refractivity contribution in [1.29, 1.82) is 0 Å². The van der Waals surface area contributed by atoms with Crippen LogP contribution in [0, 0.1) is 0 Å². The molecule has 1 aromatic rings. The average Bonchev–Trinajstić information content (AvgIpc) is 2.17. The summed E-state index contributed by atoms with van der Waals surface area (Å²) in [5.74, 6) is 0.0915. The third-order valence-corrected chi connectivity index (χ3v) is 2.38. The molecule has 0 saturated heterocycles. The smallest absolute Gasteiger partial charge is 0.180 e. The number of alkyl halides is 1. The van der Waals surface area contributed by atoms with Gasteiger partial charge >= 0.3 is 0 Å². The number of halogens is 1. The summed E-state index contributed by atoms with van der Waals surface area (Å²) in [5.41, 5.74) is 1.65. The molecule has 0 amide bonds. The summed E-state index contributed by atoms with van der Waals surface area (Å²) in [5, 5.41) is 0. The molecule has 0 radical (unpaired) electrons. The molecule has 1 unspecified atom stereocenters. The molecule has 0 N–H and O–H groups in total. The number of carbonyl (C=O) groups excluding carboxylic acids is 1.